The third-order valence-corrected chi connectivity index (χ3v) is 5.91. The number of aryl methyl sites for hydroxylation is 1. The van der Waals surface area contributed by atoms with Gasteiger partial charge >= 0.3 is 0 Å². The SMILES string of the molecule is COc1cc([N+](=O)[O-])ccc1-n1nc(C)c(/C=N/Nc2c3ccccc3nc3ccccc23)c1C. The Balaban J connectivity index is 1.52. The molecular weight excluding hydrogens is 444 g/mol. The molecule has 0 spiro atoms. The first-order valence-corrected chi connectivity index (χ1v) is 10.9. The number of nitrogens with one attached hydrogen (secondary N) is 1. The maximum atomic E-state index is 11.1. The number of hydrazone groups is 1. The number of benzene rings is 3. The molecule has 0 radical (unpaired) electrons. The summed E-state index contributed by atoms with van der Waals surface area (Å²) < 4.78 is 7.10. The second-order valence-electron chi connectivity index (χ2n) is 8.00. The highest BCUT2D eigenvalue weighted by Crippen LogP contribution is 2.31. The molecule has 0 aliphatic carbocycles. The maximum absolute atomic E-state index is 11.1. The molecule has 174 valence electrons. The van der Waals surface area contributed by atoms with Crippen LogP contribution < -0.4 is 10.2 Å². The maximum Gasteiger partial charge on any atom is 0.273 e. The average molecular weight is 467 g/mol. The summed E-state index contributed by atoms with van der Waals surface area (Å²) in [6.45, 7) is 3.80. The van der Waals surface area contributed by atoms with Gasteiger partial charge in [-0.25, -0.2) is 9.67 Å². The molecule has 0 fully saturated rings. The fourth-order valence-electron chi connectivity index (χ4n) is 4.15. The van der Waals surface area contributed by atoms with Crippen LogP contribution in [0, 0.1) is 24.0 Å². The van der Waals surface area contributed by atoms with E-state index in [0.29, 0.717) is 11.4 Å². The Bertz CT molecular complexity index is 1570. The standard InChI is InChI=1S/C26H22N6O3/c1-16-21(17(2)31(30-16)24-13-12-18(32(33)34)14-25(24)35-3)15-27-29-26-19-8-4-6-10-22(19)28-23-11-7-5-9-20(23)26/h4-15H,1-3H3,(H,28,29)/b27-15+. The lowest BCUT2D eigenvalue weighted by Gasteiger charge is -2.10. The molecule has 0 saturated carbocycles. The summed E-state index contributed by atoms with van der Waals surface area (Å²) in [4.78, 5) is 15.4. The van der Waals surface area contributed by atoms with Crippen LogP contribution in [-0.4, -0.2) is 33.0 Å². The molecule has 0 atom stereocenters. The van der Waals surface area contributed by atoms with Crippen molar-refractivity contribution in [3.63, 3.8) is 0 Å². The van der Waals surface area contributed by atoms with Crippen LogP contribution in [0.1, 0.15) is 17.0 Å². The lowest BCUT2D eigenvalue weighted by Crippen LogP contribution is -2.03. The van der Waals surface area contributed by atoms with Crippen molar-refractivity contribution >= 4 is 39.4 Å². The highest BCUT2D eigenvalue weighted by Gasteiger charge is 2.18. The summed E-state index contributed by atoms with van der Waals surface area (Å²) in [5.41, 5.74) is 8.84. The summed E-state index contributed by atoms with van der Waals surface area (Å²) in [6.07, 6.45) is 1.73. The van der Waals surface area contributed by atoms with E-state index in [1.54, 1.807) is 17.0 Å². The molecule has 9 nitrogen and oxygen atoms in total. The number of pyridine rings is 1. The van der Waals surface area contributed by atoms with Crippen LogP contribution in [-0.2, 0) is 0 Å². The van der Waals surface area contributed by atoms with Gasteiger partial charge in [-0.05, 0) is 32.0 Å². The van der Waals surface area contributed by atoms with Gasteiger partial charge in [0, 0.05) is 22.4 Å². The van der Waals surface area contributed by atoms with Gasteiger partial charge in [-0.2, -0.15) is 10.2 Å². The van der Waals surface area contributed by atoms with Gasteiger partial charge in [0.15, 0.2) is 5.75 Å². The minimum Gasteiger partial charge on any atom is -0.494 e. The largest absolute Gasteiger partial charge is 0.494 e. The molecule has 0 aliphatic rings. The molecule has 3 aromatic carbocycles. The van der Waals surface area contributed by atoms with Crippen molar-refractivity contribution in [3.8, 4) is 11.4 Å². The zero-order chi connectivity index (χ0) is 24.5. The number of non-ortho nitro benzene ring substituents is 1. The van der Waals surface area contributed by atoms with E-state index in [-0.39, 0.29) is 5.69 Å². The lowest BCUT2D eigenvalue weighted by atomic mass is 10.1. The van der Waals surface area contributed by atoms with Crippen molar-refractivity contribution < 1.29 is 9.66 Å². The van der Waals surface area contributed by atoms with Crippen molar-refractivity contribution in [2.75, 3.05) is 12.5 Å². The normalized spacial score (nSPS) is 11.4. The third-order valence-electron chi connectivity index (χ3n) is 5.91. The lowest BCUT2D eigenvalue weighted by molar-refractivity contribution is -0.384. The minimum atomic E-state index is -0.455. The van der Waals surface area contributed by atoms with E-state index in [9.17, 15) is 10.1 Å². The van der Waals surface area contributed by atoms with Gasteiger partial charge < -0.3 is 4.74 Å². The van der Waals surface area contributed by atoms with Gasteiger partial charge in [0.25, 0.3) is 5.69 Å². The van der Waals surface area contributed by atoms with E-state index in [2.05, 4.69) is 15.6 Å². The van der Waals surface area contributed by atoms with E-state index in [4.69, 9.17) is 9.72 Å². The van der Waals surface area contributed by atoms with Crippen LogP contribution in [0.5, 0.6) is 5.75 Å². The Morgan fingerprint density at radius 1 is 1.03 bits per heavy atom. The van der Waals surface area contributed by atoms with E-state index >= 15 is 0 Å². The molecule has 35 heavy (non-hydrogen) atoms. The molecule has 0 aliphatic heterocycles. The quantitative estimate of drug-likeness (QED) is 0.152. The predicted octanol–water partition coefficient (Wildman–Crippen LogP) is 5.55. The van der Waals surface area contributed by atoms with Gasteiger partial charge in [0.05, 0.1) is 52.4 Å². The van der Waals surface area contributed by atoms with Crippen LogP contribution in [0.3, 0.4) is 0 Å². The van der Waals surface area contributed by atoms with Crippen LogP contribution in [0.15, 0.2) is 71.8 Å². The first-order chi connectivity index (χ1) is 17.0. The van der Waals surface area contributed by atoms with Crippen molar-refractivity contribution in [2.45, 2.75) is 13.8 Å². The third kappa shape index (κ3) is 3.93. The fraction of sp³-hybridized carbons (Fsp3) is 0.115. The zero-order valence-electron chi connectivity index (χ0n) is 19.4. The topological polar surface area (TPSA) is 107 Å². The number of fused-ring (bicyclic) bond motifs is 2. The van der Waals surface area contributed by atoms with E-state index in [1.807, 2.05) is 62.4 Å². The highest BCUT2D eigenvalue weighted by molar-refractivity contribution is 6.07. The predicted molar refractivity (Wildman–Crippen MR) is 137 cm³/mol. The Kier molecular flexibility index (Phi) is 5.58. The number of nitrogens with zero attached hydrogens (tertiary/aromatic N) is 5. The number of nitro benzene ring substituents is 1. The average Bonchev–Trinajstić information content (AvgIpc) is 3.16. The Hall–Kier alpha value is -4.79. The van der Waals surface area contributed by atoms with Gasteiger partial charge in [-0.3, -0.25) is 15.5 Å². The number of anilines is 1. The molecule has 1 N–H and O–H groups in total. The van der Waals surface area contributed by atoms with Crippen molar-refractivity contribution in [1.82, 2.24) is 14.8 Å². The summed E-state index contributed by atoms with van der Waals surface area (Å²) >= 11 is 0. The number of ether oxygens (including phenoxy) is 1. The molecule has 0 bridgehead atoms. The summed E-state index contributed by atoms with van der Waals surface area (Å²) in [5.74, 6) is 0.362. The number of aromatic nitrogens is 3. The first kappa shape index (κ1) is 22.0. The summed E-state index contributed by atoms with van der Waals surface area (Å²) in [7, 11) is 1.48. The number of methoxy groups -OCH3 is 1. The molecule has 0 saturated heterocycles. The number of hydrogen-bond donors (Lipinski definition) is 1. The van der Waals surface area contributed by atoms with Crippen LogP contribution in [0.2, 0.25) is 0 Å². The first-order valence-electron chi connectivity index (χ1n) is 10.9. The highest BCUT2D eigenvalue weighted by atomic mass is 16.6. The molecule has 5 rings (SSSR count). The zero-order valence-corrected chi connectivity index (χ0v) is 19.4. The second-order valence-corrected chi connectivity index (χ2v) is 8.00. The number of rotatable bonds is 6. The molecule has 2 aromatic heterocycles. The number of para-hydroxylation sites is 2. The van der Waals surface area contributed by atoms with Crippen molar-refractivity contribution in [1.29, 1.82) is 0 Å². The Morgan fingerprint density at radius 3 is 2.31 bits per heavy atom. The van der Waals surface area contributed by atoms with Crippen LogP contribution >= 0.6 is 0 Å². The van der Waals surface area contributed by atoms with E-state index < -0.39 is 4.92 Å². The van der Waals surface area contributed by atoms with Crippen molar-refractivity contribution in [2.24, 2.45) is 5.10 Å². The summed E-state index contributed by atoms with van der Waals surface area (Å²) in [5, 5.41) is 22.3. The molecule has 0 amide bonds. The van der Waals surface area contributed by atoms with Gasteiger partial charge in [-0.1, -0.05) is 36.4 Å². The van der Waals surface area contributed by atoms with E-state index in [1.165, 1.54) is 19.2 Å². The number of hydrogen-bond acceptors (Lipinski definition) is 7. The van der Waals surface area contributed by atoms with Crippen LogP contribution in [0.25, 0.3) is 27.5 Å². The number of nitro groups is 1. The fourth-order valence-corrected chi connectivity index (χ4v) is 4.15. The molecule has 0 unspecified atom stereocenters. The van der Waals surface area contributed by atoms with E-state index in [0.717, 1.165) is 44.4 Å². The molecular formula is C26H22N6O3. The van der Waals surface area contributed by atoms with Crippen molar-refractivity contribution in [3.05, 3.63) is 93.8 Å². The monoisotopic (exact) mass is 466 g/mol. The Labute approximate surface area is 200 Å². The van der Waals surface area contributed by atoms with Gasteiger partial charge in [0.2, 0.25) is 0 Å². The summed E-state index contributed by atoms with van der Waals surface area (Å²) in [6, 6.07) is 20.3. The van der Waals surface area contributed by atoms with Gasteiger partial charge in [-0.15, -0.1) is 0 Å². The molecule has 2 heterocycles. The smallest absolute Gasteiger partial charge is 0.273 e. The van der Waals surface area contributed by atoms with Gasteiger partial charge in [0.1, 0.15) is 5.69 Å². The Morgan fingerprint density at radius 2 is 1.69 bits per heavy atom. The molecule has 5 aromatic rings. The van der Waals surface area contributed by atoms with Crippen LogP contribution in [0.4, 0.5) is 11.4 Å². The minimum absolute atomic E-state index is 0.0464. The second kappa shape index (κ2) is 8.86. The molecule has 9 heteroatoms.